The monoisotopic (exact) mass is 377 g/mol. The van der Waals surface area contributed by atoms with Crippen LogP contribution in [0.1, 0.15) is 16.2 Å². The number of anilines is 1. The second kappa shape index (κ2) is 7.10. The summed E-state index contributed by atoms with van der Waals surface area (Å²) >= 11 is 0. The first kappa shape index (κ1) is 18.4. The molecule has 3 aromatic rings. The fourth-order valence-electron chi connectivity index (χ4n) is 2.43. The van der Waals surface area contributed by atoms with E-state index in [1.54, 1.807) is 31.3 Å². The van der Waals surface area contributed by atoms with E-state index in [1.807, 2.05) is 0 Å². The zero-order chi connectivity index (χ0) is 19.6. The fraction of sp³-hybridized carbons (Fsp3) is 0.167. The highest BCUT2D eigenvalue weighted by Crippen LogP contribution is 2.30. The molecule has 1 aromatic heterocycles. The minimum atomic E-state index is -4.71. The van der Waals surface area contributed by atoms with Gasteiger partial charge in [0.25, 0.3) is 5.91 Å². The molecule has 0 aliphatic heterocycles. The van der Waals surface area contributed by atoms with Gasteiger partial charge in [0.15, 0.2) is 0 Å². The highest BCUT2D eigenvalue weighted by atomic mass is 19.4. The van der Waals surface area contributed by atoms with Gasteiger partial charge in [-0.3, -0.25) is 4.79 Å². The number of para-hydroxylation sites is 2. The van der Waals surface area contributed by atoms with Gasteiger partial charge in [0, 0.05) is 18.2 Å². The summed E-state index contributed by atoms with van der Waals surface area (Å²) in [5.74, 6) is -1.40. The van der Waals surface area contributed by atoms with E-state index in [-0.39, 0.29) is 11.7 Å². The molecule has 0 atom stereocenters. The Kier molecular flexibility index (Phi) is 4.85. The summed E-state index contributed by atoms with van der Waals surface area (Å²) in [7, 11) is 3.11. The molecule has 3 rings (SSSR count). The third-order valence-electron chi connectivity index (χ3n) is 3.81. The van der Waals surface area contributed by atoms with Crippen molar-refractivity contribution < 1.29 is 27.2 Å². The normalized spacial score (nSPS) is 11.3. The average Bonchev–Trinajstić information content (AvgIpc) is 3.17. The summed E-state index contributed by atoms with van der Waals surface area (Å²) in [5, 5.41) is 3.31. The van der Waals surface area contributed by atoms with Crippen LogP contribution in [0.25, 0.3) is 11.4 Å². The largest absolute Gasteiger partial charge is 0.495 e. The number of carbonyl (C=O) groups excluding carboxylic acids is 1. The summed E-state index contributed by atoms with van der Waals surface area (Å²) in [4.78, 5) is 17.4. The Hall–Kier alpha value is -3.36. The highest BCUT2D eigenvalue weighted by Gasteiger charge is 2.38. The molecule has 6 nitrogen and oxygen atoms in total. The lowest BCUT2D eigenvalue weighted by Crippen LogP contribution is -2.26. The lowest BCUT2D eigenvalue weighted by molar-refractivity contribution is -0.159. The second-order valence-electron chi connectivity index (χ2n) is 5.53. The van der Waals surface area contributed by atoms with Crippen LogP contribution in [-0.4, -0.2) is 30.2 Å². The third-order valence-corrected chi connectivity index (χ3v) is 3.81. The molecule has 0 bridgehead atoms. The van der Waals surface area contributed by atoms with Gasteiger partial charge in [0.2, 0.25) is 5.82 Å². The lowest BCUT2D eigenvalue weighted by Gasteiger charge is -2.20. The molecule has 0 aliphatic carbocycles. The van der Waals surface area contributed by atoms with Crippen molar-refractivity contribution >= 4 is 11.6 Å². The van der Waals surface area contributed by atoms with Crippen molar-refractivity contribution in [3.8, 4) is 17.1 Å². The zero-order valence-corrected chi connectivity index (χ0v) is 14.3. The summed E-state index contributed by atoms with van der Waals surface area (Å²) in [6.45, 7) is 0. The van der Waals surface area contributed by atoms with E-state index in [9.17, 15) is 18.0 Å². The SMILES string of the molecule is COc1ccccc1N(C)C(=O)c1ccc(-c2noc(C(F)(F)F)n2)cc1. The molecular formula is C18H14F3N3O3. The summed E-state index contributed by atoms with van der Waals surface area (Å²) in [6, 6.07) is 12.9. The molecule has 140 valence electrons. The standard InChI is InChI=1S/C18H14F3N3O3/c1-24(13-5-3-4-6-14(13)26-2)16(25)12-9-7-11(8-10-12)15-22-17(27-23-15)18(19,20)21/h3-10H,1-2H3. The van der Waals surface area contributed by atoms with Crippen LogP contribution in [-0.2, 0) is 6.18 Å². The van der Waals surface area contributed by atoms with Crippen LogP contribution in [0.4, 0.5) is 18.9 Å². The van der Waals surface area contributed by atoms with Crippen LogP contribution < -0.4 is 9.64 Å². The molecule has 27 heavy (non-hydrogen) atoms. The van der Waals surface area contributed by atoms with E-state index >= 15 is 0 Å². The number of carbonyl (C=O) groups is 1. The second-order valence-corrected chi connectivity index (χ2v) is 5.53. The first-order valence-corrected chi connectivity index (χ1v) is 7.73. The molecule has 2 aromatic carbocycles. The van der Waals surface area contributed by atoms with E-state index in [0.717, 1.165) is 0 Å². The van der Waals surface area contributed by atoms with Crippen LogP contribution in [0.2, 0.25) is 0 Å². The number of benzene rings is 2. The Balaban J connectivity index is 1.82. The first-order chi connectivity index (χ1) is 12.8. The smallest absolute Gasteiger partial charge is 0.471 e. The molecule has 0 saturated carbocycles. The van der Waals surface area contributed by atoms with Gasteiger partial charge in [-0.2, -0.15) is 18.2 Å². The van der Waals surface area contributed by atoms with E-state index in [4.69, 9.17) is 4.74 Å². The van der Waals surface area contributed by atoms with Gasteiger partial charge in [-0.15, -0.1) is 0 Å². The number of amides is 1. The van der Waals surface area contributed by atoms with Gasteiger partial charge in [0.05, 0.1) is 12.8 Å². The molecule has 1 heterocycles. The highest BCUT2D eigenvalue weighted by molar-refractivity contribution is 6.06. The molecule has 0 N–H and O–H groups in total. The van der Waals surface area contributed by atoms with Crippen LogP contribution >= 0.6 is 0 Å². The quantitative estimate of drug-likeness (QED) is 0.686. The van der Waals surface area contributed by atoms with Crippen molar-refractivity contribution in [2.45, 2.75) is 6.18 Å². The maximum Gasteiger partial charge on any atom is 0.471 e. The van der Waals surface area contributed by atoms with Gasteiger partial charge >= 0.3 is 12.1 Å². The topological polar surface area (TPSA) is 68.5 Å². The first-order valence-electron chi connectivity index (χ1n) is 7.73. The molecule has 0 aliphatic rings. The molecule has 0 saturated heterocycles. The minimum Gasteiger partial charge on any atom is -0.495 e. The van der Waals surface area contributed by atoms with Crippen molar-refractivity contribution in [1.82, 2.24) is 10.1 Å². The van der Waals surface area contributed by atoms with Gasteiger partial charge < -0.3 is 14.2 Å². The van der Waals surface area contributed by atoms with E-state index in [0.29, 0.717) is 22.6 Å². The van der Waals surface area contributed by atoms with Crippen LogP contribution in [0, 0.1) is 0 Å². The van der Waals surface area contributed by atoms with Crippen molar-refractivity contribution in [1.29, 1.82) is 0 Å². The molecular weight excluding hydrogens is 363 g/mol. The lowest BCUT2D eigenvalue weighted by atomic mass is 10.1. The van der Waals surface area contributed by atoms with Crippen molar-refractivity contribution in [2.24, 2.45) is 0 Å². The Labute approximate surface area is 152 Å². The Morgan fingerprint density at radius 1 is 1.11 bits per heavy atom. The maximum absolute atomic E-state index is 12.7. The molecule has 9 heteroatoms. The van der Waals surface area contributed by atoms with E-state index in [2.05, 4.69) is 14.7 Å². The number of aromatic nitrogens is 2. The van der Waals surface area contributed by atoms with Crippen molar-refractivity contribution in [3.63, 3.8) is 0 Å². The van der Waals surface area contributed by atoms with Crippen LogP contribution in [0.3, 0.4) is 0 Å². The number of nitrogens with zero attached hydrogens (tertiary/aromatic N) is 3. The molecule has 1 amide bonds. The number of alkyl halides is 3. The van der Waals surface area contributed by atoms with E-state index in [1.165, 1.54) is 36.3 Å². The van der Waals surface area contributed by atoms with Gasteiger partial charge in [-0.1, -0.05) is 29.4 Å². The maximum atomic E-state index is 12.7. The zero-order valence-electron chi connectivity index (χ0n) is 14.3. The number of hydrogen-bond donors (Lipinski definition) is 0. The number of rotatable bonds is 4. The Morgan fingerprint density at radius 2 is 1.78 bits per heavy atom. The van der Waals surface area contributed by atoms with Crippen LogP contribution in [0.5, 0.6) is 5.75 Å². The average molecular weight is 377 g/mol. The number of halogens is 3. The van der Waals surface area contributed by atoms with E-state index < -0.39 is 12.1 Å². The van der Waals surface area contributed by atoms with Gasteiger partial charge in [-0.05, 0) is 24.3 Å². The van der Waals surface area contributed by atoms with Crippen molar-refractivity contribution in [3.05, 3.63) is 60.0 Å². The third kappa shape index (κ3) is 3.76. The molecule has 0 radical (unpaired) electrons. The van der Waals surface area contributed by atoms with Crippen LogP contribution in [0.15, 0.2) is 53.1 Å². The van der Waals surface area contributed by atoms with Gasteiger partial charge in [-0.25, -0.2) is 0 Å². The number of ether oxygens (including phenoxy) is 1. The number of hydrogen-bond acceptors (Lipinski definition) is 5. The van der Waals surface area contributed by atoms with Gasteiger partial charge in [0.1, 0.15) is 5.75 Å². The predicted octanol–water partition coefficient (Wildman–Crippen LogP) is 4.04. The fourth-order valence-corrected chi connectivity index (χ4v) is 2.43. The molecule has 0 unspecified atom stereocenters. The Bertz CT molecular complexity index is 952. The Morgan fingerprint density at radius 3 is 2.37 bits per heavy atom. The summed E-state index contributed by atoms with van der Waals surface area (Å²) in [5.41, 5.74) is 1.22. The van der Waals surface area contributed by atoms with Crippen molar-refractivity contribution in [2.75, 3.05) is 19.1 Å². The molecule has 0 fully saturated rings. The number of methoxy groups -OCH3 is 1. The summed E-state index contributed by atoms with van der Waals surface area (Å²) in [6.07, 6.45) is -4.71. The minimum absolute atomic E-state index is 0.209. The molecule has 0 spiro atoms. The predicted molar refractivity (Wildman–Crippen MR) is 90.5 cm³/mol. The summed E-state index contributed by atoms with van der Waals surface area (Å²) < 4.78 is 47.1.